The van der Waals surface area contributed by atoms with Gasteiger partial charge in [0.15, 0.2) is 0 Å². The first-order chi connectivity index (χ1) is 5.74. The summed E-state index contributed by atoms with van der Waals surface area (Å²) in [5.41, 5.74) is 0. The Kier molecular flexibility index (Phi) is 3.51. The monoisotopic (exact) mass is 169 g/mol. The first-order valence-electron chi connectivity index (χ1n) is 4.37. The highest BCUT2D eigenvalue weighted by Gasteiger charge is 2.26. The zero-order valence-corrected chi connectivity index (χ0v) is 7.62. The lowest BCUT2D eigenvalue weighted by Gasteiger charge is -2.18. The van der Waals surface area contributed by atoms with Crippen molar-refractivity contribution in [1.29, 1.82) is 5.26 Å². The van der Waals surface area contributed by atoms with Crippen LogP contribution >= 0.6 is 0 Å². The van der Waals surface area contributed by atoms with E-state index >= 15 is 0 Å². The Morgan fingerprint density at radius 1 is 1.58 bits per heavy atom. The molecule has 1 aliphatic heterocycles. The molecule has 0 amide bonds. The highest BCUT2D eigenvalue weighted by atomic mass is 16.5. The molecule has 2 atom stereocenters. The molecule has 0 aromatic carbocycles. The van der Waals surface area contributed by atoms with Crippen LogP contribution in [0.25, 0.3) is 0 Å². The Balaban J connectivity index is 2.39. The number of hydrogen-bond donors (Lipinski definition) is 0. The minimum absolute atomic E-state index is 0.121. The maximum absolute atomic E-state index is 8.80. The second-order valence-corrected chi connectivity index (χ2v) is 3.36. The van der Waals surface area contributed by atoms with E-state index in [1.807, 2.05) is 13.8 Å². The van der Waals surface area contributed by atoms with Gasteiger partial charge in [0.25, 0.3) is 0 Å². The molecule has 12 heavy (non-hydrogen) atoms. The normalized spacial score (nSPS) is 25.7. The molecule has 0 bridgehead atoms. The summed E-state index contributed by atoms with van der Waals surface area (Å²) >= 11 is 0. The largest absolute Gasteiger partial charge is 0.381 e. The van der Waals surface area contributed by atoms with Gasteiger partial charge >= 0.3 is 0 Å². The van der Waals surface area contributed by atoms with Crippen LogP contribution in [0.4, 0.5) is 0 Å². The second kappa shape index (κ2) is 4.44. The fourth-order valence-electron chi connectivity index (χ4n) is 1.33. The summed E-state index contributed by atoms with van der Waals surface area (Å²) in [5.74, 6) is 0.275. The van der Waals surface area contributed by atoms with E-state index in [4.69, 9.17) is 14.7 Å². The molecule has 3 nitrogen and oxygen atoms in total. The van der Waals surface area contributed by atoms with Gasteiger partial charge in [0.05, 0.1) is 18.8 Å². The molecule has 1 heterocycles. The van der Waals surface area contributed by atoms with Crippen LogP contribution in [0.2, 0.25) is 0 Å². The van der Waals surface area contributed by atoms with Gasteiger partial charge in [-0.05, 0) is 20.3 Å². The molecule has 68 valence electrons. The van der Waals surface area contributed by atoms with E-state index in [-0.39, 0.29) is 18.1 Å². The molecule has 1 saturated heterocycles. The molecular formula is C9H15NO2. The summed E-state index contributed by atoms with van der Waals surface area (Å²) in [4.78, 5) is 0. The van der Waals surface area contributed by atoms with Crippen LogP contribution in [0.5, 0.6) is 0 Å². The maximum atomic E-state index is 8.80. The fourth-order valence-corrected chi connectivity index (χ4v) is 1.33. The predicted octanol–water partition coefficient (Wildman–Crippen LogP) is 1.34. The van der Waals surface area contributed by atoms with Crippen LogP contribution in [-0.4, -0.2) is 25.4 Å². The van der Waals surface area contributed by atoms with E-state index in [1.54, 1.807) is 0 Å². The van der Waals surface area contributed by atoms with Gasteiger partial charge in [0.2, 0.25) is 0 Å². The molecule has 1 aliphatic rings. The van der Waals surface area contributed by atoms with Gasteiger partial charge in [-0.25, -0.2) is 0 Å². The second-order valence-electron chi connectivity index (χ2n) is 3.36. The highest BCUT2D eigenvalue weighted by molar-refractivity contribution is 4.91. The molecule has 3 heteroatoms. The van der Waals surface area contributed by atoms with E-state index in [1.165, 1.54) is 0 Å². The average Bonchev–Trinajstić information content (AvgIpc) is 2.51. The first-order valence-corrected chi connectivity index (χ1v) is 4.37. The molecule has 0 saturated carbocycles. The smallest absolute Gasteiger partial charge is 0.149 e. The Bertz CT molecular complexity index is 168. The quantitative estimate of drug-likeness (QED) is 0.640. The summed E-state index contributed by atoms with van der Waals surface area (Å²) in [6.07, 6.45) is 0.785. The number of ether oxygens (including phenoxy) is 2. The summed E-state index contributed by atoms with van der Waals surface area (Å²) in [7, 11) is 0. The lowest BCUT2D eigenvalue weighted by atomic mass is 10.0. The minimum Gasteiger partial charge on any atom is -0.381 e. The van der Waals surface area contributed by atoms with E-state index in [0.717, 1.165) is 13.0 Å². The molecular weight excluding hydrogens is 154 g/mol. The van der Waals surface area contributed by atoms with Crippen molar-refractivity contribution >= 4 is 0 Å². The van der Waals surface area contributed by atoms with Crippen LogP contribution in [0.3, 0.4) is 0 Å². The van der Waals surface area contributed by atoms with Gasteiger partial charge in [-0.1, -0.05) is 0 Å². The SMILES string of the molecule is CC(C)OC(C#N)C1CCOC1. The molecule has 0 aromatic heterocycles. The number of nitriles is 1. The Labute approximate surface area is 73.3 Å². The van der Waals surface area contributed by atoms with Gasteiger partial charge < -0.3 is 9.47 Å². The van der Waals surface area contributed by atoms with E-state index in [9.17, 15) is 0 Å². The molecule has 0 aromatic rings. The number of hydrogen-bond acceptors (Lipinski definition) is 3. The van der Waals surface area contributed by atoms with Gasteiger partial charge in [0.1, 0.15) is 6.10 Å². The van der Waals surface area contributed by atoms with Crippen LogP contribution in [0.15, 0.2) is 0 Å². The molecule has 1 fully saturated rings. The van der Waals surface area contributed by atoms with Crippen molar-refractivity contribution in [3.63, 3.8) is 0 Å². The third-order valence-electron chi connectivity index (χ3n) is 1.94. The minimum atomic E-state index is -0.285. The van der Waals surface area contributed by atoms with Crippen molar-refractivity contribution in [2.45, 2.75) is 32.5 Å². The van der Waals surface area contributed by atoms with Crippen molar-refractivity contribution in [1.82, 2.24) is 0 Å². The molecule has 0 spiro atoms. The first kappa shape index (κ1) is 9.50. The summed E-state index contributed by atoms with van der Waals surface area (Å²) in [6, 6.07) is 2.17. The van der Waals surface area contributed by atoms with Crippen molar-refractivity contribution in [3.05, 3.63) is 0 Å². The highest BCUT2D eigenvalue weighted by Crippen LogP contribution is 2.19. The fraction of sp³-hybridized carbons (Fsp3) is 0.889. The van der Waals surface area contributed by atoms with Crippen LogP contribution < -0.4 is 0 Å². The van der Waals surface area contributed by atoms with Gasteiger partial charge in [-0.2, -0.15) is 5.26 Å². The summed E-state index contributed by atoms with van der Waals surface area (Å²) in [6.45, 7) is 5.33. The molecule has 2 unspecified atom stereocenters. The summed E-state index contributed by atoms with van der Waals surface area (Å²) < 4.78 is 10.6. The third-order valence-corrected chi connectivity index (χ3v) is 1.94. The zero-order chi connectivity index (χ0) is 8.97. The Hall–Kier alpha value is -0.590. The molecule has 0 radical (unpaired) electrons. The van der Waals surface area contributed by atoms with Gasteiger partial charge in [-0.3, -0.25) is 0 Å². The van der Waals surface area contributed by atoms with Crippen LogP contribution in [0, 0.1) is 17.2 Å². The van der Waals surface area contributed by atoms with Crippen molar-refractivity contribution < 1.29 is 9.47 Å². The predicted molar refractivity (Wildman–Crippen MR) is 44.5 cm³/mol. The maximum Gasteiger partial charge on any atom is 0.149 e. The average molecular weight is 169 g/mol. The van der Waals surface area contributed by atoms with Crippen molar-refractivity contribution in [2.24, 2.45) is 5.92 Å². The summed E-state index contributed by atoms with van der Waals surface area (Å²) in [5, 5.41) is 8.80. The molecule has 0 aliphatic carbocycles. The standard InChI is InChI=1S/C9H15NO2/c1-7(2)12-9(5-10)8-3-4-11-6-8/h7-9H,3-4,6H2,1-2H3. The van der Waals surface area contributed by atoms with E-state index in [2.05, 4.69) is 6.07 Å². The zero-order valence-electron chi connectivity index (χ0n) is 7.62. The van der Waals surface area contributed by atoms with Gasteiger partial charge in [-0.15, -0.1) is 0 Å². The van der Waals surface area contributed by atoms with Crippen molar-refractivity contribution in [2.75, 3.05) is 13.2 Å². The Morgan fingerprint density at radius 2 is 2.33 bits per heavy atom. The van der Waals surface area contributed by atoms with Crippen molar-refractivity contribution in [3.8, 4) is 6.07 Å². The molecule has 1 rings (SSSR count). The lowest BCUT2D eigenvalue weighted by molar-refractivity contribution is 0.00435. The van der Waals surface area contributed by atoms with Crippen LogP contribution in [0.1, 0.15) is 20.3 Å². The third kappa shape index (κ3) is 2.47. The topological polar surface area (TPSA) is 42.2 Å². The lowest BCUT2D eigenvalue weighted by Crippen LogP contribution is -2.25. The van der Waals surface area contributed by atoms with Gasteiger partial charge in [0, 0.05) is 12.5 Å². The molecule has 0 N–H and O–H groups in total. The Morgan fingerprint density at radius 3 is 2.75 bits per heavy atom. The number of nitrogens with zero attached hydrogens (tertiary/aromatic N) is 1. The van der Waals surface area contributed by atoms with E-state index in [0.29, 0.717) is 6.61 Å². The van der Waals surface area contributed by atoms with Crippen LogP contribution in [-0.2, 0) is 9.47 Å². The van der Waals surface area contributed by atoms with E-state index < -0.39 is 0 Å². The number of rotatable bonds is 3.